The second kappa shape index (κ2) is 9.48. The van der Waals surface area contributed by atoms with E-state index in [9.17, 15) is 22.8 Å². The molecule has 5 rings (SSSR count). The van der Waals surface area contributed by atoms with E-state index in [1.54, 1.807) is 48.5 Å². The molecule has 9 heteroatoms. The molecule has 2 heterocycles. The SMILES string of the molecule is CNC(=O)c1cc(C(=O)CC2CC2)cn(Cc2cccc3ccn(S(=O)(=O)c4ccc(C)cc4)c23)c1=O. The number of pyridine rings is 1. The van der Waals surface area contributed by atoms with E-state index in [2.05, 4.69) is 5.32 Å². The smallest absolute Gasteiger partial charge is 0.268 e. The molecule has 0 radical (unpaired) electrons. The number of aromatic nitrogens is 2. The number of hydrogen-bond acceptors (Lipinski definition) is 5. The average Bonchev–Trinajstić information content (AvgIpc) is 3.58. The number of hydrogen-bond donors (Lipinski definition) is 1. The zero-order valence-electron chi connectivity index (χ0n) is 20.6. The van der Waals surface area contributed by atoms with E-state index in [0.29, 0.717) is 34.4 Å². The Hall–Kier alpha value is -3.98. The molecule has 2 aromatic carbocycles. The number of carbonyl (C=O) groups is 2. The van der Waals surface area contributed by atoms with Gasteiger partial charge in [-0.15, -0.1) is 0 Å². The van der Waals surface area contributed by atoms with Gasteiger partial charge in [0, 0.05) is 36.8 Å². The van der Waals surface area contributed by atoms with Crippen LogP contribution >= 0.6 is 0 Å². The third kappa shape index (κ3) is 4.74. The van der Waals surface area contributed by atoms with Gasteiger partial charge in [-0.3, -0.25) is 14.4 Å². The van der Waals surface area contributed by atoms with Gasteiger partial charge in [0.2, 0.25) is 0 Å². The highest BCUT2D eigenvalue weighted by Gasteiger charge is 2.27. The summed E-state index contributed by atoms with van der Waals surface area (Å²) in [6, 6.07) is 15.0. The quantitative estimate of drug-likeness (QED) is 0.358. The number of nitrogens with one attached hydrogen (secondary N) is 1. The Morgan fingerprint density at radius 3 is 2.46 bits per heavy atom. The molecule has 0 unspecified atom stereocenters. The Morgan fingerprint density at radius 1 is 1.05 bits per heavy atom. The minimum Gasteiger partial charge on any atom is -0.355 e. The van der Waals surface area contributed by atoms with E-state index in [-0.39, 0.29) is 22.8 Å². The van der Waals surface area contributed by atoms with Crippen molar-refractivity contribution in [3.05, 3.63) is 99.6 Å². The molecule has 37 heavy (non-hydrogen) atoms. The van der Waals surface area contributed by atoms with Gasteiger partial charge in [0.15, 0.2) is 5.78 Å². The summed E-state index contributed by atoms with van der Waals surface area (Å²) in [6.07, 6.45) is 5.35. The molecule has 8 nitrogen and oxygen atoms in total. The fourth-order valence-corrected chi connectivity index (χ4v) is 5.87. The van der Waals surface area contributed by atoms with Gasteiger partial charge in [0.1, 0.15) is 5.56 Å². The standard InChI is InChI=1S/C28H27N3O5S/c1-18-6-10-23(11-7-18)37(35,36)31-13-12-20-4-3-5-21(26(20)31)16-30-17-22(25(32)14-19-8-9-19)15-24(28(30)34)27(33)29-2/h3-7,10-13,15,17,19H,8-9,14,16H2,1-2H3,(H,29,33). The predicted molar refractivity (Wildman–Crippen MR) is 141 cm³/mol. The molecule has 1 N–H and O–H groups in total. The van der Waals surface area contributed by atoms with Crippen molar-refractivity contribution in [3.63, 3.8) is 0 Å². The summed E-state index contributed by atoms with van der Waals surface area (Å²) >= 11 is 0. The van der Waals surface area contributed by atoms with Crippen molar-refractivity contribution < 1.29 is 18.0 Å². The van der Waals surface area contributed by atoms with E-state index in [0.717, 1.165) is 18.4 Å². The van der Waals surface area contributed by atoms with Gasteiger partial charge in [-0.1, -0.05) is 35.9 Å². The highest BCUT2D eigenvalue weighted by molar-refractivity contribution is 7.90. The number of benzene rings is 2. The summed E-state index contributed by atoms with van der Waals surface area (Å²) in [5.74, 6) is -0.353. The summed E-state index contributed by atoms with van der Waals surface area (Å²) in [5, 5.41) is 3.15. The molecule has 0 spiro atoms. The van der Waals surface area contributed by atoms with Crippen LogP contribution in [-0.2, 0) is 16.6 Å². The third-order valence-electron chi connectivity index (χ3n) is 6.73. The van der Waals surface area contributed by atoms with Gasteiger partial charge in [-0.2, -0.15) is 0 Å². The monoisotopic (exact) mass is 517 g/mol. The van der Waals surface area contributed by atoms with Crippen molar-refractivity contribution in [3.8, 4) is 0 Å². The molecule has 0 atom stereocenters. The molecule has 0 saturated heterocycles. The van der Waals surface area contributed by atoms with E-state index < -0.39 is 21.5 Å². The van der Waals surface area contributed by atoms with Crippen LogP contribution in [0.15, 0.2) is 76.7 Å². The molecule has 1 aliphatic rings. The molecule has 1 saturated carbocycles. The third-order valence-corrected chi connectivity index (χ3v) is 8.42. The number of ketones is 1. The average molecular weight is 518 g/mol. The van der Waals surface area contributed by atoms with Crippen molar-refractivity contribution in [2.45, 2.75) is 37.6 Å². The number of Topliss-reactive ketones (excluding diaryl/α,β-unsaturated/α-hetero) is 1. The molecular weight excluding hydrogens is 490 g/mol. The van der Waals surface area contributed by atoms with Crippen molar-refractivity contribution in [1.29, 1.82) is 0 Å². The summed E-state index contributed by atoms with van der Waals surface area (Å²) < 4.78 is 29.6. The highest BCUT2D eigenvalue weighted by atomic mass is 32.2. The van der Waals surface area contributed by atoms with Crippen LogP contribution < -0.4 is 10.9 Å². The first-order chi connectivity index (χ1) is 17.7. The van der Waals surface area contributed by atoms with Crippen LogP contribution in [0.2, 0.25) is 0 Å². The maximum atomic E-state index is 13.5. The number of para-hydroxylation sites is 1. The fraction of sp³-hybridized carbons (Fsp3) is 0.250. The molecule has 1 aliphatic carbocycles. The van der Waals surface area contributed by atoms with Crippen molar-refractivity contribution in [2.75, 3.05) is 7.05 Å². The predicted octanol–water partition coefficient (Wildman–Crippen LogP) is 3.74. The second-order valence-electron chi connectivity index (χ2n) is 9.51. The van der Waals surface area contributed by atoms with Gasteiger partial charge < -0.3 is 9.88 Å². The number of aryl methyl sites for hydroxylation is 1. The van der Waals surface area contributed by atoms with Crippen LogP contribution in [0.3, 0.4) is 0 Å². The van der Waals surface area contributed by atoms with E-state index in [1.165, 1.54) is 34.0 Å². The first kappa shape index (κ1) is 24.7. The Bertz CT molecular complexity index is 1690. The number of fused-ring (bicyclic) bond motifs is 1. The summed E-state index contributed by atoms with van der Waals surface area (Å²) in [4.78, 5) is 38.8. The highest BCUT2D eigenvalue weighted by Crippen LogP contribution is 2.33. The molecule has 2 aromatic heterocycles. The van der Waals surface area contributed by atoms with Gasteiger partial charge in [0.25, 0.3) is 21.5 Å². The Kier molecular flexibility index (Phi) is 6.33. The number of carbonyl (C=O) groups excluding carboxylic acids is 2. The maximum absolute atomic E-state index is 13.5. The zero-order valence-corrected chi connectivity index (χ0v) is 21.4. The fourth-order valence-electron chi connectivity index (χ4n) is 4.48. The number of nitrogens with zero attached hydrogens (tertiary/aromatic N) is 2. The van der Waals surface area contributed by atoms with Crippen molar-refractivity contribution in [1.82, 2.24) is 13.9 Å². The first-order valence-electron chi connectivity index (χ1n) is 12.1. The lowest BCUT2D eigenvalue weighted by molar-refractivity contribution is 0.0961. The van der Waals surface area contributed by atoms with E-state index in [1.807, 2.05) is 6.92 Å². The Labute approximate surface area is 214 Å². The summed E-state index contributed by atoms with van der Waals surface area (Å²) in [7, 11) is -2.48. The normalized spacial score (nSPS) is 13.6. The zero-order chi connectivity index (χ0) is 26.3. The van der Waals surface area contributed by atoms with Crippen molar-refractivity contribution in [2.24, 2.45) is 5.92 Å². The minimum atomic E-state index is -3.91. The lowest BCUT2D eigenvalue weighted by Crippen LogP contribution is -2.32. The van der Waals surface area contributed by atoms with Crippen LogP contribution in [0.5, 0.6) is 0 Å². The molecule has 0 aliphatic heterocycles. The molecule has 0 bridgehead atoms. The van der Waals surface area contributed by atoms with Crippen LogP contribution in [0.1, 0.15) is 51.1 Å². The first-order valence-corrected chi connectivity index (χ1v) is 13.5. The van der Waals surface area contributed by atoms with Gasteiger partial charge in [-0.05, 0) is 55.5 Å². The van der Waals surface area contributed by atoms with Crippen LogP contribution in [0.4, 0.5) is 0 Å². The molecule has 190 valence electrons. The van der Waals surface area contributed by atoms with Crippen molar-refractivity contribution >= 4 is 32.6 Å². The van der Waals surface area contributed by atoms with Crippen LogP contribution in [0, 0.1) is 12.8 Å². The van der Waals surface area contributed by atoms with E-state index >= 15 is 0 Å². The largest absolute Gasteiger partial charge is 0.355 e. The topological polar surface area (TPSA) is 107 Å². The lowest BCUT2D eigenvalue weighted by Gasteiger charge is -2.14. The minimum absolute atomic E-state index is 0.0157. The Balaban J connectivity index is 1.62. The van der Waals surface area contributed by atoms with Gasteiger partial charge in [0.05, 0.1) is 17.0 Å². The van der Waals surface area contributed by atoms with Gasteiger partial charge >= 0.3 is 0 Å². The molecular formula is C28H27N3O5S. The molecule has 1 amide bonds. The summed E-state index contributed by atoms with van der Waals surface area (Å²) in [6.45, 7) is 1.87. The van der Waals surface area contributed by atoms with Gasteiger partial charge in [-0.25, -0.2) is 12.4 Å². The van der Waals surface area contributed by atoms with Crippen LogP contribution in [0.25, 0.3) is 10.9 Å². The Morgan fingerprint density at radius 2 is 1.78 bits per heavy atom. The number of rotatable bonds is 8. The maximum Gasteiger partial charge on any atom is 0.268 e. The molecule has 1 fully saturated rings. The number of amides is 1. The lowest BCUT2D eigenvalue weighted by atomic mass is 10.0. The molecule has 4 aromatic rings. The summed E-state index contributed by atoms with van der Waals surface area (Å²) in [5.41, 5.74) is 1.55. The van der Waals surface area contributed by atoms with E-state index in [4.69, 9.17) is 0 Å². The second-order valence-corrected chi connectivity index (χ2v) is 11.3. The van der Waals surface area contributed by atoms with Crippen LogP contribution in [-0.4, -0.2) is 35.7 Å².